The summed E-state index contributed by atoms with van der Waals surface area (Å²) in [6.45, 7) is 0.195. The van der Waals surface area contributed by atoms with Crippen LogP contribution in [0.2, 0.25) is 0 Å². The van der Waals surface area contributed by atoms with Gasteiger partial charge in [-0.25, -0.2) is 4.79 Å². The molecule has 0 aromatic carbocycles. The van der Waals surface area contributed by atoms with E-state index in [1.54, 1.807) is 0 Å². The fraction of sp³-hybridized carbons (Fsp3) is 0.600. The average molecular weight is 240 g/mol. The highest BCUT2D eigenvalue weighted by molar-refractivity contribution is 5.00. The van der Waals surface area contributed by atoms with Crippen molar-refractivity contribution < 1.29 is 14.6 Å². The van der Waals surface area contributed by atoms with E-state index in [-0.39, 0.29) is 12.7 Å². The van der Waals surface area contributed by atoms with Crippen molar-refractivity contribution in [3.05, 3.63) is 33.1 Å². The van der Waals surface area contributed by atoms with Gasteiger partial charge in [0.15, 0.2) is 6.23 Å². The number of H-pyrrole nitrogens is 1. The van der Waals surface area contributed by atoms with E-state index in [1.165, 1.54) is 16.8 Å². The Hall–Kier alpha value is -1.44. The molecule has 0 radical (unpaired) electrons. The number of aromatic amines is 1. The Morgan fingerprint density at radius 3 is 3.06 bits per heavy atom. The lowest BCUT2D eigenvalue weighted by atomic mass is 10.0. The van der Waals surface area contributed by atoms with E-state index in [1.807, 2.05) is 0 Å². The SMILES string of the molecule is O=c1ccn(C2OC3(CO)COC2C3)c(=O)[nH]1. The number of aliphatic hydroxyl groups excluding tert-OH is 1. The topological polar surface area (TPSA) is 93.5 Å². The van der Waals surface area contributed by atoms with Gasteiger partial charge < -0.3 is 14.6 Å². The molecular formula is C10H12N2O5. The number of nitrogens with zero attached hydrogens (tertiary/aromatic N) is 1. The highest BCUT2D eigenvalue weighted by Gasteiger charge is 2.54. The molecule has 3 heterocycles. The number of rotatable bonds is 2. The summed E-state index contributed by atoms with van der Waals surface area (Å²) in [4.78, 5) is 24.7. The van der Waals surface area contributed by atoms with Gasteiger partial charge in [0.1, 0.15) is 11.7 Å². The summed E-state index contributed by atoms with van der Waals surface area (Å²) in [6.07, 6.45) is 1.09. The van der Waals surface area contributed by atoms with Crippen LogP contribution < -0.4 is 11.2 Å². The second-order valence-electron chi connectivity index (χ2n) is 4.42. The van der Waals surface area contributed by atoms with E-state index in [0.717, 1.165) is 0 Å². The zero-order valence-corrected chi connectivity index (χ0v) is 8.96. The number of ether oxygens (including phenoxy) is 2. The fourth-order valence-corrected chi connectivity index (χ4v) is 2.35. The van der Waals surface area contributed by atoms with Gasteiger partial charge in [0.05, 0.1) is 13.2 Å². The minimum atomic E-state index is -0.703. The summed E-state index contributed by atoms with van der Waals surface area (Å²) in [5, 5.41) is 9.27. The molecule has 0 spiro atoms. The molecule has 92 valence electrons. The second-order valence-corrected chi connectivity index (χ2v) is 4.42. The number of aromatic nitrogens is 2. The van der Waals surface area contributed by atoms with E-state index in [2.05, 4.69) is 4.98 Å². The molecule has 3 unspecified atom stereocenters. The lowest BCUT2D eigenvalue weighted by Crippen LogP contribution is -2.42. The lowest BCUT2D eigenvalue weighted by molar-refractivity contribution is -0.184. The van der Waals surface area contributed by atoms with Crippen molar-refractivity contribution in [1.82, 2.24) is 9.55 Å². The molecule has 2 aliphatic rings. The second kappa shape index (κ2) is 3.52. The molecule has 3 atom stereocenters. The van der Waals surface area contributed by atoms with Crippen LogP contribution in [0.4, 0.5) is 0 Å². The van der Waals surface area contributed by atoms with Crippen molar-refractivity contribution >= 4 is 0 Å². The van der Waals surface area contributed by atoms with Gasteiger partial charge in [-0.2, -0.15) is 0 Å². The number of hydrogen-bond acceptors (Lipinski definition) is 5. The van der Waals surface area contributed by atoms with Crippen LogP contribution in [0.25, 0.3) is 0 Å². The summed E-state index contributed by atoms with van der Waals surface area (Å²) in [7, 11) is 0. The Labute approximate surface area is 95.6 Å². The molecule has 3 rings (SSSR count). The molecule has 2 aliphatic heterocycles. The van der Waals surface area contributed by atoms with Gasteiger partial charge in [0.25, 0.3) is 5.56 Å². The van der Waals surface area contributed by atoms with Crippen molar-refractivity contribution in [1.29, 1.82) is 0 Å². The number of nitrogens with one attached hydrogen (secondary N) is 1. The minimum Gasteiger partial charge on any atom is -0.393 e. The van der Waals surface area contributed by atoms with Gasteiger partial charge >= 0.3 is 5.69 Å². The summed E-state index contributed by atoms with van der Waals surface area (Å²) < 4.78 is 12.4. The number of aliphatic hydroxyl groups is 1. The van der Waals surface area contributed by atoms with Gasteiger partial charge in [0, 0.05) is 18.7 Å². The van der Waals surface area contributed by atoms with Crippen LogP contribution in [0, 0.1) is 0 Å². The third-order valence-electron chi connectivity index (χ3n) is 3.24. The van der Waals surface area contributed by atoms with Gasteiger partial charge in [-0.1, -0.05) is 0 Å². The predicted molar refractivity (Wildman–Crippen MR) is 55.6 cm³/mol. The number of hydrogen-bond donors (Lipinski definition) is 2. The maximum absolute atomic E-state index is 11.6. The third kappa shape index (κ3) is 1.54. The molecule has 2 saturated heterocycles. The van der Waals surface area contributed by atoms with Crippen LogP contribution in [0.1, 0.15) is 12.6 Å². The smallest absolute Gasteiger partial charge is 0.330 e. The van der Waals surface area contributed by atoms with Gasteiger partial charge in [0.2, 0.25) is 0 Å². The highest BCUT2D eigenvalue weighted by atomic mass is 16.6. The van der Waals surface area contributed by atoms with E-state index >= 15 is 0 Å². The highest BCUT2D eigenvalue weighted by Crippen LogP contribution is 2.43. The fourth-order valence-electron chi connectivity index (χ4n) is 2.35. The van der Waals surface area contributed by atoms with E-state index in [4.69, 9.17) is 9.47 Å². The summed E-state index contributed by atoms with van der Waals surface area (Å²) in [5.74, 6) is 0. The molecule has 1 aromatic rings. The quantitative estimate of drug-likeness (QED) is 0.662. The van der Waals surface area contributed by atoms with Crippen LogP contribution >= 0.6 is 0 Å². The first-order chi connectivity index (χ1) is 8.13. The average Bonchev–Trinajstić information content (AvgIpc) is 2.87. The molecule has 0 saturated carbocycles. The van der Waals surface area contributed by atoms with Crippen molar-refractivity contribution in [3.8, 4) is 0 Å². The van der Waals surface area contributed by atoms with Crippen molar-refractivity contribution in [3.63, 3.8) is 0 Å². The largest absolute Gasteiger partial charge is 0.393 e. The van der Waals surface area contributed by atoms with Gasteiger partial charge in [-0.05, 0) is 0 Å². The molecule has 7 heteroatoms. The van der Waals surface area contributed by atoms with Crippen LogP contribution in [-0.2, 0) is 9.47 Å². The maximum atomic E-state index is 11.6. The Morgan fingerprint density at radius 2 is 2.41 bits per heavy atom. The van der Waals surface area contributed by atoms with E-state index in [0.29, 0.717) is 13.0 Å². The molecule has 2 fully saturated rings. The summed E-state index contributed by atoms with van der Waals surface area (Å²) in [5.41, 5.74) is -1.69. The monoisotopic (exact) mass is 240 g/mol. The van der Waals surface area contributed by atoms with Crippen molar-refractivity contribution in [2.24, 2.45) is 0 Å². The first kappa shape index (κ1) is 10.7. The first-order valence-corrected chi connectivity index (χ1v) is 5.35. The van der Waals surface area contributed by atoms with E-state index < -0.39 is 23.1 Å². The van der Waals surface area contributed by atoms with Crippen LogP contribution in [-0.4, -0.2) is 39.6 Å². The van der Waals surface area contributed by atoms with Gasteiger partial charge in [-0.3, -0.25) is 14.3 Å². The van der Waals surface area contributed by atoms with Crippen LogP contribution in [0.5, 0.6) is 0 Å². The zero-order valence-electron chi connectivity index (χ0n) is 8.96. The molecule has 2 bridgehead atoms. The Balaban J connectivity index is 1.97. The Morgan fingerprint density at radius 1 is 1.59 bits per heavy atom. The minimum absolute atomic E-state index is 0.141. The van der Waals surface area contributed by atoms with Crippen molar-refractivity contribution in [2.45, 2.75) is 24.4 Å². The van der Waals surface area contributed by atoms with Crippen LogP contribution in [0.3, 0.4) is 0 Å². The molecule has 2 N–H and O–H groups in total. The molecule has 1 aromatic heterocycles. The lowest BCUT2D eigenvalue weighted by Gasteiger charge is -2.29. The molecule has 0 amide bonds. The third-order valence-corrected chi connectivity index (χ3v) is 3.24. The van der Waals surface area contributed by atoms with Gasteiger partial charge in [-0.15, -0.1) is 0 Å². The maximum Gasteiger partial charge on any atom is 0.330 e. The predicted octanol–water partition coefficient (Wildman–Crippen LogP) is -1.41. The standard InChI is InChI=1S/C10H12N2O5/c13-4-10-3-6(16-5-10)8(17-10)12-2-1-7(14)11-9(12)15/h1-2,6,8,13H,3-5H2,(H,11,14,15). The first-order valence-electron chi connectivity index (χ1n) is 5.35. The Bertz CT molecular complexity index is 550. The molecule has 17 heavy (non-hydrogen) atoms. The van der Waals surface area contributed by atoms with E-state index in [9.17, 15) is 14.7 Å². The molecule has 0 aliphatic carbocycles. The number of fused-ring (bicyclic) bond motifs is 2. The molecular weight excluding hydrogens is 228 g/mol. The molecule has 7 nitrogen and oxygen atoms in total. The summed E-state index contributed by atoms with van der Waals surface area (Å²) >= 11 is 0. The van der Waals surface area contributed by atoms with Crippen LogP contribution in [0.15, 0.2) is 21.9 Å². The van der Waals surface area contributed by atoms with Crippen molar-refractivity contribution in [2.75, 3.05) is 13.2 Å². The zero-order chi connectivity index (χ0) is 12.0. The summed E-state index contributed by atoms with van der Waals surface area (Å²) in [6, 6.07) is 1.25. The Kier molecular flexibility index (Phi) is 2.22. The normalized spacial score (nSPS) is 35.4.